The van der Waals surface area contributed by atoms with Crippen LogP contribution >= 0.6 is 0 Å². The lowest BCUT2D eigenvalue weighted by atomic mass is 10.2. The fraction of sp³-hybridized carbons (Fsp3) is 1.00. The van der Waals surface area contributed by atoms with Crippen molar-refractivity contribution in [1.82, 2.24) is 0 Å². The molecule has 0 saturated carbocycles. The van der Waals surface area contributed by atoms with Crippen molar-refractivity contribution in [2.24, 2.45) is 0 Å². The average molecular weight is 273 g/mol. The number of rotatable bonds is 6. The van der Waals surface area contributed by atoms with Crippen LogP contribution in [0.1, 0.15) is 12.8 Å². The Balaban J connectivity index is 2.45. The molecule has 6 nitrogen and oxygen atoms in total. The van der Waals surface area contributed by atoms with Gasteiger partial charge in [-0.25, -0.2) is 4.18 Å². The van der Waals surface area contributed by atoms with E-state index in [1.807, 2.05) is 0 Å². The van der Waals surface area contributed by atoms with Crippen molar-refractivity contribution in [3.63, 3.8) is 0 Å². The Bertz CT molecular complexity index is 298. The Hall–Kier alpha value is 0.140. The zero-order chi connectivity index (χ0) is 12.2. The van der Waals surface area contributed by atoms with Crippen LogP contribution in [0.5, 0.6) is 0 Å². The Morgan fingerprint density at radius 3 is 2.31 bits per heavy atom. The van der Waals surface area contributed by atoms with Gasteiger partial charge < -0.3 is 10.2 Å². The van der Waals surface area contributed by atoms with E-state index in [1.165, 1.54) is 0 Å². The minimum Gasteiger partial charge on any atom is -0.394 e. The lowest BCUT2D eigenvalue weighted by Crippen LogP contribution is -2.39. The van der Waals surface area contributed by atoms with Gasteiger partial charge in [0, 0.05) is 0 Å². The molecule has 0 aliphatic carbocycles. The Labute approximate surface area is 97.9 Å². The third kappa shape index (κ3) is 4.98. The Morgan fingerprint density at radius 1 is 1.31 bits per heavy atom. The minimum absolute atomic E-state index is 0.0745. The van der Waals surface area contributed by atoms with E-state index >= 15 is 0 Å². The molecule has 0 bridgehead atoms. The lowest BCUT2D eigenvalue weighted by Gasteiger charge is -2.18. The predicted molar refractivity (Wildman–Crippen MR) is 60.7 cm³/mol. The molecule has 1 aliphatic heterocycles. The third-order valence-electron chi connectivity index (χ3n) is 2.38. The fourth-order valence-electron chi connectivity index (χ4n) is 1.60. The smallest absolute Gasteiger partial charge is 0.394 e. The summed E-state index contributed by atoms with van der Waals surface area (Å²) in [5, 5.41) is 18.6. The normalized spacial score (nSPS) is 22.2. The van der Waals surface area contributed by atoms with E-state index in [-0.39, 0.29) is 10.9 Å². The SMILES string of the molecule is O=S(=O)(O)O[C@@H](CO)[C@H](O)C[S+]1CCCC1. The van der Waals surface area contributed by atoms with Crippen molar-refractivity contribution < 1.29 is 27.4 Å². The van der Waals surface area contributed by atoms with E-state index in [2.05, 4.69) is 4.18 Å². The van der Waals surface area contributed by atoms with Crippen LogP contribution in [-0.2, 0) is 25.5 Å². The van der Waals surface area contributed by atoms with Crippen molar-refractivity contribution in [3.8, 4) is 0 Å². The molecule has 1 rings (SSSR count). The molecule has 0 aromatic heterocycles. The zero-order valence-electron chi connectivity index (χ0n) is 8.78. The summed E-state index contributed by atoms with van der Waals surface area (Å²) in [6, 6.07) is 0. The van der Waals surface area contributed by atoms with Crippen LogP contribution < -0.4 is 0 Å². The molecule has 0 aromatic carbocycles. The molecule has 1 saturated heterocycles. The van der Waals surface area contributed by atoms with E-state index in [9.17, 15) is 13.5 Å². The number of hydrogen-bond donors (Lipinski definition) is 3. The van der Waals surface area contributed by atoms with Crippen LogP contribution in [0.15, 0.2) is 0 Å². The van der Waals surface area contributed by atoms with Crippen molar-refractivity contribution in [2.45, 2.75) is 25.0 Å². The molecule has 1 heterocycles. The molecule has 16 heavy (non-hydrogen) atoms. The monoisotopic (exact) mass is 273 g/mol. The van der Waals surface area contributed by atoms with Gasteiger partial charge in [-0.2, -0.15) is 8.42 Å². The predicted octanol–water partition coefficient (Wildman–Crippen LogP) is -1.06. The molecule has 1 aliphatic rings. The van der Waals surface area contributed by atoms with Gasteiger partial charge in [0.2, 0.25) is 0 Å². The standard InChI is InChI=1S/C8H16O6S2/c9-5-8(14-16(11,12)13)7(10)6-15-3-1-2-4-15/h7-10H,1-6H2/p+1/t7-,8+/m1/s1. The lowest BCUT2D eigenvalue weighted by molar-refractivity contribution is 0.0114. The van der Waals surface area contributed by atoms with Crippen molar-refractivity contribution in [1.29, 1.82) is 0 Å². The summed E-state index contributed by atoms with van der Waals surface area (Å²) in [7, 11) is -4.56. The Morgan fingerprint density at radius 2 is 1.88 bits per heavy atom. The summed E-state index contributed by atoms with van der Waals surface area (Å²) < 4.78 is 33.6. The van der Waals surface area contributed by atoms with Gasteiger partial charge in [-0.15, -0.1) is 0 Å². The second-order valence-electron chi connectivity index (χ2n) is 3.71. The quantitative estimate of drug-likeness (QED) is 0.421. The third-order valence-corrected chi connectivity index (χ3v) is 5.41. The first kappa shape index (κ1) is 14.2. The number of aliphatic hydroxyl groups excluding tert-OH is 2. The first-order chi connectivity index (χ1) is 7.42. The first-order valence-corrected chi connectivity index (χ1v) is 8.11. The summed E-state index contributed by atoms with van der Waals surface area (Å²) in [6.07, 6.45) is -0.0890. The molecular formula is C8H17O6S2+. The van der Waals surface area contributed by atoms with Crippen LogP contribution in [-0.4, -0.2) is 59.3 Å². The second kappa shape index (κ2) is 6.18. The average Bonchev–Trinajstić information content (AvgIpc) is 2.65. The molecule has 0 radical (unpaired) electrons. The summed E-state index contributed by atoms with van der Waals surface area (Å²) in [6.45, 7) is -0.641. The molecule has 0 spiro atoms. The highest BCUT2D eigenvalue weighted by Gasteiger charge is 2.33. The molecular weight excluding hydrogens is 256 g/mol. The molecule has 2 atom stereocenters. The minimum atomic E-state index is -4.63. The second-order valence-corrected chi connectivity index (χ2v) is 7.13. The molecule has 0 amide bonds. The van der Waals surface area contributed by atoms with Gasteiger partial charge in [-0.1, -0.05) is 0 Å². The fourth-order valence-corrected chi connectivity index (χ4v) is 4.56. The number of aliphatic hydroxyl groups is 2. The maximum atomic E-state index is 10.5. The molecule has 0 aromatic rings. The van der Waals surface area contributed by atoms with Gasteiger partial charge in [-0.05, 0) is 23.7 Å². The van der Waals surface area contributed by atoms with Crippen LogP contribution in [0.4, 0.5) is 0 Å². The summed E-state index contributed by atoms with van der Waals surface area (Å²) in [4.78, 5) is 0. The van der Waals surface area contributed by atoms with Crippen molar-refractivity contribution >= 4 is 21.3 Å². The van der Waals surface area contributed by atoms with E-state index in [4.69, 9.17) is 9.66 Å². The molecule has 3 N–H and O–H groups in total. The van der Waals surface area contributed by atoms with Gasteiger partial charge in [-0.3, -0.25) is 4.55 Å². The summed E-state index contributed by atoms with van der Waals surface area (Å²) in [5.74, 6) is 2.48. The van der Waals surface area contributed by atoms with Crippen molar-refractivity contribution in [3.05, 3.63) is 0 Å². The van der Waals surface area contributed by atoms with Gasteiger partial charge >= 0.3 is 10.4 Å². The highest BCUT2D eigenvalue weighted by atomic mass is 32.3. The molecule has 1 fully saturated rings. The summed E-state index contributed by atoms with van der Waals surface area (Å²) in [5.41, 5.74) is 0. The van der Waals surface area contributed by atoms with E-state index in [0.29, 0.717) is 5.75 Å². The largest absolute Gasteiger partial charge is 0.397 e. The highest BCUT2D eigenvalue weighted by molar-refractivity contribution is 7.97. The zero-order valence-corrected chi connectivity index (χ0v) is 10.4. The van der Waals surface area contributed by atoms with Gasteiger partial charge in [0.25, 0.3) is 0 Å². The van der Waals surface area contributed by atoms with Gasteiger partial charge in [0.15, 0.2) is 0 Å². The van der Waals surface area contributed by atoms with Gasteiger partial charge in [0.1, 0.15) is 29.5 Å². The summed E-state index contributed by atoms with van der Waals surface area (Å²) >= 11 is 0. The topological polar surface area (TPSA) is 104 Å². The first-order valence-electron chi connectivity index (χ1n) is 5.01. The van der Waals surface area contributed by atoms with Crippen LogP contribution in [0.3, 0.4) is 0 Å². The molecule has 96 valence electrons. The van der Waals surface area contributed by atoms with E-state index in [0.717, 1.165) is 24.3 Å². The van der Waals surface area contributed by atoms with Gasteiger partial charge in [0.05, 0.1) is 6.61 Å². The Kier molecular flexibility index (Phi) is 5.48. The molecule has 0 unspecified atom stereocenters. The van der Waals surface area contributed by atoms with Crippen LogP contribution in [0.25, 0.3) is 0 Å². The maximum Gasteiger partial charge on any atom is 0.397 e. The number of hydrogen-bond acceptors (Lipinski definition) is 5. The van der Waals surface area contributed by atoms with Crippen molar-refractivity contribution in [2.75, 3.05) is 23.9 Å². The molecule has 8 heteroatoms. The maximum absolute atomic E-state index is 10.5. The van der Waals surface area contributed by atoms with Crippen LogP contribution in [0, 0.1) is 0 Å². The van der Waals surface area contributed by atoms with E-state index in [1.54, 1.807) is 0 Å². The van der Waals surface area contributed by atoms with Crippen LogP contribution in [0.2, 0.25) is 0 Å². The highest BCUT2D eigenvalue weighted by Crippen LogP contribution is 2.16. The van der Waals surface area contributed by atoms with E-state index < -0.39 is 29.2 Å².